The monoisotopic (exact) mass is 343 g/mol. The van der Waals surface area contributed by atoms with Crippen LogP contribution in [0.25, 0.3) is 0 Å². The molecule has 7 nitrogen and oxygen atoms in total. The number of carbonyl (C=O) groups excluding carboxylic acids is 2. The van der Waals surface area contributed by atoms with Gasteiger partial charge in [-0.25, -0.2) is 4.79 Å². The largest absolute Gasteiger partial charge is 0.480 e. The molecule has 0 saturated heterocycles. The number of aliphatic carboxylic acids is 1. The fourth-order valence-electron chi connectivity index (χ4n) is 1.81. The van der Waals surface area contributed by atoms with E-state index in [9.17, 15) is 14.4 Å². The van der Waals surface area contributed by atoms with Gasteiger partial charge in [-0.3, -0.25) is 20.2 Å². The zero-order valence-corrected chi connectivity index (χ0v) is 13.7. The van der Waals surface area contributed by atoms with Gasteiger partial charge in [0.25, 0.3) is 0 Å². The number of imide groups is 1. The Morgan fingerprint density at radius 3 is 2.39 bits per heavy atom. The number of benzene rings is 1. The second kappa shape index (κ2) is 11.4. The van der Waals surface area contributed by atoms with Crippen LogP contribution in [0.1, 0.15) is 25.3 Å². The fraction of sp³-hybridized carbons (Fsp3) is 0.400. The summed E-state index contributed by atoms with van der Waals surface area (Å²) in [5.74, 6) is -1.59. The van der Waals surface area contributed by atoms with Crippen LogP contribution in [0.5, 0.6) is 0 Å². The Balaban J connectivity index is 0.00000484. The van der Waals surface area contributed by atoms with Crippen molar-refractivity contribution in [2.45, 2.75) is 32.4 Å². The first-order valence-electron chi connectivity index (χ1n) is 7.10. The van der Waals surface area contributed by atoms with Crippen LogP contribution in [0.15, 0.2) is 30.3 Å². The van der Waals surface area contributed by atoms with Gasteiger partial charge in [-0.15, -0.1) is 12.4 Å². The summed E-state index contributed by atoms with van der Waals surface area (Å²) >= 11 is 0. The van der Waals surface area contributed by atoms with Crippen LogP contribution >= 0.6 is 12.4 Å². The van der Waals surface area contributed by atoms with Crippen molar-refractivity contribution in [3.63, 3.8) is 0 Å². The van der Waals surface area contributed by atoms with E-state index >= 15 is 0 Å². The Morgan fingerprint density at radius 1 is 1.17 bits per heavy atom. The van der Waals surface area contributed by atoms with Crippen LogP contribution in [-0.4, -0.2) is 35.6 Å². The molecule has 1 aromatic rings. The van der Waals surface area contributed by atoms with E-state index in [-0.39, 0.29) is 19.0 Å². The second-order valence-corrected chi connectivity index (χ2v) is 4.78. The van der Waals surface area contributed by atoms with Gasteiger partial charge in [-0.2, -0.15) is 0 Å². The lowest BCUT2D eigenvalue weighted by atomic mass is 10.2. The number of hydrogen-bond acceptors (Lipinski definition) is 4. The van der Waals surface area contributed by atoms with Gasteiger partial charge in [0.15, 0.2) is 0 Å². The minimum atomic E-state index is -1.01. The van der Waals surface area contributed by atoms with Crippen molar-refractivity contribution in [1.82, 2.24) is 16.0 Å². The maximum atomic E-state index is 11.6. The molecule has 0 radical (unpaired) electrons. The van der Waals surface area contributed by atoms with Crippen molar-refractivity contribution in [3.05, 3.63) is 35.9 Å². The van der Waals surface area contributed by atoms with Crippen LogP contribution in [-0.2, 0) is 16.1 Å². The smallest absolute Gasteiger partial charge is 0.321 e. The summed E-state index contributed by atoms with van der Waals surface area (Å²) in [5.41, 5.74) is 0.914. The highest BCUT2D eigenvalue weighted by atomic mass is 35.5. The molecule has 0 aliphatic carbocycles. The number of halogens is 1. The van der Waals surface area contributed by atoms with Gasteiger partial charge >= 0.3 is 12.0 Å². The van der Waals surface area contributed by atoms with Gasteiger partial charge in [-0.1, -0.05) is 43.7 Å². The first-order chi connectivity index (χ1) is 10.5. The molecule has 4 N–H and O–H groups in total. The number of carbonyl (C=O) groups is 3. The van der Waals surface area contributed by atoms with Crippen molar-refractivity contribution in [2.24, 2.45) is 0 Å². The van der Waals surface area contributed by atoms with E-state index in [1.807, 2.05) is 37.3 Å². The van der Waals surface area contributed by atoms with Crippen LogP contribution in [0.3, 0.4) is 0 Å². The SMILES string of the molecule is CCCC(NCC(=O)NC(=O)NCc1ccccc1)C(=O)O.Cl. The van der Waals surface area contributed by atoms with Crippen LogP contribution in [0.4, 0.5) is 4.79 Å². The standard InChI is InChI=1S/C15H21N3O4.ClH/c1-2-6-12(14(20)21)16-10-13(19)18-15(22)17-9-11-7-4-3-5-8-11;/h3-5,7-8,12,16H,2,6,9-10H2,1H3,(H,20,21)(H2,17,18,19,22);1H. The first-order valence-corrected chi connectivity index (χ1v) is 7.10. The van der Waals surface area contributed by atoms with Gasteiger partial charge < -0.3 is 10.4 Å². The summed E-state index contributed by atoms with van der Waals surface area (Å²) in [6, 6.07) is 7.88. The molecule has 1 aromatic carbocycles. The lowest BCUT2D eigenvalue weighted by Gasteiger charge is -2.13. The van der Waals surface area contributed by atoms with Crippen molar-refractivity contribution in [2.75, 3.05) is 6.54 Å². The quantitative estimate of drug-likeness (QED) is 0.568. The third-order valence-corrected chi connectivity index (χ3v) is 2.93. The van der Waals surface area contributed by atoms with Gasteiger partial charge in [0, 0.05) is 6.54 Å². The van der Waals surface area contributed by atoms with E-state index in [1.165, 1.54) is 0 Å². The molecule has 23 heavy (non-hydrogen) atoms. The third kappa shape index (κ3) is 8.80. The van der Waals surface area contributed by atoms with Crippen molar-refractivity contribution in [3.8, 4) is 0 Å². The lowest BCUT2D eigenvalue weighted by molar-refractivity contribution is -0.139. The molecular formula is C15H22ClN3O4. The number of rotatable bonds is 8. The predicted molar refractivity (Wildman–Crippen MR) is 88.4 cm³/mol. The van der Waals surface area contributed by atoms with Crippen LogP contribution in [0, 0.1) is 0 Å². The summed E-state index contributed by atoms with van der Waals surface area (Å²) in [7, 11) is 0. The molecule has 0 fully saturated rings. The summed E-state index contributed by atoms with van der Waals surface area (Å²) < 4.78 is 0. The zero-order chi connectivity index (χ0) is 16.4. The molecule has 0 bridgehead atoms. The van der Waals surface area contributed by atoms with Gasteiger partial charge in [0.1, 0.15) is 6.04 Å². The Hall–Kier alpha value is -2.12. The molecule has 1 atom stereocenters. The molecule has 0 aromatic heterocycles. The number of carboxylic acid groups (broad SMARTS) is 1. The van der Waals surface area contributed by atoms with E-state index < -0.39 is 23.9 Å². The Kier molecular flexibility index (Phi) is 10.4. The molecule has 0 heterocycles. The van der Waals surface area contributed by atoms with Crippen molar-refractivity contribution >= 4 is 30.3 Å². The minimum Gasteiger partial charge on any atom is -0.480 e. The van der Waals surface area contributed by atoms with E-state index in [2.05, 4.69) is 16.0 Å². The third-order valence-electron chi connectivity index (χ3n) is 2.93. The molecule has 128 valence electrons. The number of amides is 3. The molecule has 0 saturated carbocycles. The average Bonchev–Trinajstić information content (AvgIpc) is 2.50. The maximum Gasteiger partial charge on any atom is 0.321 e. The van der Waals surface area contributed by atoms with Crippen LogP contribution < -0.4 is 16.0 Å². The van der Waals surface area contributed by atoms with E-state index in [0.717, 1.165) is 5.56 Å². The van der Waals surface area contributed by atoms with Crippen LogP contribution in [0.2, 0.25) is 0 Å². The molecule has 1 rings (SSSR count). The molecule has 3 amide bonds. The highest BCUT2D eigenvalue weighted by Crippen LogP contribution is 1.97. The highest BCUT2D eigenvalue weighted by molar-refractivity contribution is 5.95. The highest BCUT2D eigenvalue weighted by Gasteiger charge is 2.17. The maximum absolute atomic E-state index is 11.6. The fourth-order valence-corrected chi connectivity index (χ4v) is 1.81. The Morgan fingerprint density at radius 2 is 1.83 bits per heavy atom. The number of hydrogen-bond donors (Lipinski definition) is 4. The normalized spacial score (nSPS) is 11.0. The predicted octanol–water partition coefficient (Wildman–Crippen LogP) is 1.28. The van der Waals surface area contributed by atoms with Crippen molar-refractivity contribution in [1.29, 1.82) is 0 Å². The molecule has 8 heteroatoms. The number of urea groups is 1. The Labute approximate surface area is 141 Å². The second-order valence-electron chi connectivity index (χ2n) is 4.78. The van der Waals surface area contributed by atoms with Gasteiger partial charge in [0.05, 0.1) is 6.54 Å². The summed E-state index contributed by atoms with van der Waals surface area (Å²) in [5, 5.41) is 16.2. The zero-order valence-electron chi connectivity index (χ0n) is 12.9. The summed E-state index contributed by atoms with van der Waals surface area (Å²) in [6.07, 6.45) is 1.10. The first kappa shape index (κ1) is 20.9. The topological polar surface area (TPSA) is 108 Å². The van der Waals surface area contributed by atoms with Crippen molar-refractivity contribution < 1.29 is 19.5 Å². The molecule has 0 aliphatic rings. The lowest BCUT2D eigenvalue weighted by Crippen LogP contribution is -2.46. The molecule has 0 spiro atoms. The molecule has 1 unspecified atom stereocenters. The average molecular weight is 344 g/mol. The number of carboxylic acids is 1. The van der Waals surface area contributed by atoms with E-state index in [1.54, 1.807) is 0 Å². The summed E-state index contributed by atoms with van der Waals surface area (Å²) in [6.45, 7) is 1.94. The van der Waals surface area contributed by atoms with E-state index in [0.29, 0.717) is 19.4 Å². The van der Waals surface area contributed by atoms with Gasteiger partial charge in [-0.05, 0) is 12.0 Å². The molecule has 0 aliphatic heterocycles. The molecular weight excluding hydrogens is 322 g/mol. The van der Waals surface area contributed by atoms with Gasteiger partial charge in [0.2, 0.25) is 5.91 Å². The Bertz CT molecular complexity index is 511. The van der Waals surface area contributed by atoms with E-state index in [4.69, 9.17) is 5.11 Å². The number of nitrogens with one attached hydrogen (secondary N) is 3. The minimum absolute atomic E-state index is 0. The summed E-state index contributed by atoms with van der Waals surface area (Å²) in [4.78, 5) is 34.0.